The standard InChI is InChI=1S/C14H12ClIN2O2/c1-20-13-7-9(17)3-4-10(13)14(19)18-12-5-2-8(15)6-11(12)16/h2-7H,17H2,1H3,(H,18,19). The van der Waals surface area contributed by atoms with Gasteiger partial charge in [0, 0.05) is 20.3 Å². The van der Waals surface area contributed by atoms with Crippen LogP contribution in [0.4, 0.5) is 11.4 Å². The summed E-state index contributed by atoms with van der Waals surface area (Å²) in [6.45, 7) is 0. The summed E-state index contributed by atoms with van der Waals surface area (Å²) >= 11 is 8.00. The van der Waals surface area contributed by atoms with Crippen LogP contribution in [0.2, 0.25) is 5.02 Å². The largest absolute Gasteiger partial charge is 0.496 e. The van der Waals surface area contributed by atoms with E-state index in [0.29, 0.717) is 27.7 Å². The Morgan fingerprint density at radius 2 is 2.05 bits per heavy atom. The van der Waals surface area contributed by atoms with Crippen molar-refractivity contribution in [1.82, 2.24) is 0 Å². The summed E-state index contributed by atoms with van der Waals surface area (Å²) in [4.78, 5) is 12.3. The molecule has 0 saturated carbocycles. The fourth-order valence-corrected chi connectivity index (χ4v) is 2.68. The summed E-state index contributed by atoms with van der Waals surface area (Å²) in [5.41, 5.74) is 7.33. The van der Waals surface area contributed by atoms with Crippen LogP contribution in [0.15, 0.2) is 36.4 Å². The summed E-state index contributed by atoms with van der Waals surface area (Å²) in [5, 5.41) is 3.44. The molecule has 0 atom stereocenters. The van der Waals surface area contributed by atoms with E-state index >= 15 is 0 Å². The molecule has 4 nitrogen and oxygen atoms in total. The smallest absolute Gasteiger partial charge is 0.259 e. The van der Waals surface area contributed by atoms with E-state index in [0.717, 1.165) is 3.57 Å². The predicted octanol–water partition coefficient (Wildman–Crippen LogP) is 3.79. The van der Waals surface area contributed by atoms with Crippen LogP contribution in [0.3, 0.4) is 0 Å². The Morgan fingerprint density at radius 3 is 2.70 bits per heavy atom. The van der Waals surface area contributed by atoms with E-state index in [-0.39, 0.29) is 5.91 Å². The number of benzene rings is 2. The molecule has 0 aliphatic carbocycles. The number of rotatable bonds is 3. The fourth-order valence-electron chi connectivity index (χ4n) is 1.68. The molecule has 20 heavy (non-hydrogen) atoms. The third-order valence-electron chi connectivity index (χ3n) is 2.65. The monoisotopic (exact) mass is 402 g/mol. The highest BCUT2D eigenvalue weighted by Crippen LogP contribution is 2.25. The molecule has 0 aromatic heterocycles. The van der Waals surface area contributed by atoms with Crippen LogP contribution in [-0.4, -0.2) is 13.0 Å². The number of ether oxygens (including phenoxy) is 1. The van der Waals surface area contributed by atoms with Crippen molar-refractivity contribution in [2.24, 2.45) is 0 Å². The maximum Gasteiger partial charge on any atom is 0.259 e. The van der Waals surface area contributed by atoms with Crippen molar-refractivity contribution >= 4 is 51.5 Å². The fraction of sp³-hybridized carbons (Fsp3) is 0.0714. The Morgan fingerprint density at radius 1 is 1.30 bits per heavy atom. The van der Waals surface area contributed by atoms with Gasteiger partial charge in [0.05, 0.1) is 18.4 Å². The molecule has 1 amide bonds. The molecule has 2 aromatic carbocycles. The van der Waals surface area contributed by atoms with Gasteiger partial charge in [0.25, 0.3) is 5.91 Å². The summed E-state index contributed by atoms with van der Waals surface area (Å²) in [6.07, 6.45) is 0. The Balaban J connectivity index is 2.28. The lowest BCUT2D eigenvalue weighted by atomic mass is 10.1. The van der Waals surface area contributed by atoms with Gasteiger partial charge in [-0.2, -0.15) is 0 Å². The summed E-state index contributed by atoms with van der Waals surface area (Å²) in [7, 11) is 1.50. The zero-order valence-electron chi connectivity index (χ0n) is 10.6. The predicted molar refractivity (Wildman–Crippen MR) is 89.5 cm³/mol. The Bertz CT molecular complexity index is 662. The third-order valence-corrected chi connectivity index (χ3v) is 3.78. The topological polar surface area (TPSA) is 64.3 Å². The minimum atomic E-state index is -0.262. The molecule has 0 aliphatic rings. The van der Waals surface area contributed by atoms with Crippen molar-refractivity contribution in [1.29, 1.82) is 0 Å². The number of nitrogens with two attached hydrogens (primary N) is 1. The molecular formula is C14H12ClIN2O2. The number of anilines is 2. The zero-order chi connectivity index (χ0) is 14.7. The molecule has 0 saturated heterocycles. The second-order valence-electron chi connectivity index (χ2n) is 4.04. The highest BCUT2D eigenvalue weighted by atomic mass is 127. The van der Waals surface area contributed by atoms with Gasteiger partial charge < -0.3 is 15.8 Å². The third kappa shape index (κ3) is 3.34. The molecule has 2 rings (SSSR count). The molecule has 0 fully saturated rings. The van der Waals surface area contributed by atoms with Crippen LogP contribution in [0.5, 0.6) is 5.75 Å². The lowest BCUT2D eigenvalue weighted by Crippen LogP contribution is -2.14. The first kappa shape index (κ1) is 14.9. The van der Waals surface area contributed by atoms with E-state index in [4.69, 9.17) is 22.1 Å². The molecule has 0 aliphatic heterocycles. The summed E-state index contributed by atoms with van der Waals surface area (Å²) in [6, 6.07) is 10.2. The average Bonchev–Trinajstić information content (AvgIpc) is 2.41. The molecule has 3 N–H and O–H groups in total. The first-order valence-electron chi connectivity index (χ1n) is 5.71. The van der Waals surface area contributed by atoms with E-state index in [9.17, 15) is 4.79 Å². The minimum absolute atomic E-state index is 0.262. The summed E-state index contributed by atoms with van der Waals surface area (Å²) in [5.74, 6) is 0.175. The van der Waals surface area contributed by atoms with Gasteiger partial charge >= 0.3 is 0 Å². The van der Waals surface area contributed by atoms with Crippen LogP contribution >= 0.6 is 34.2 Å². The van der Waals surface area contributed by atoms with E-state index in [1.54, 1.807) is 36.4 Å². The zero-order valence-corrected chi connectivity index (χ0v) is 13.5. The maximum absolute atomic E-state index is 12.3. The lowest BCUT2D eigenvalue weighted by Gasteiger charge is -2.11. The molecule has 0 spiro atoms. The molecule has 104 valence electrons. The second-order valence-corrected chi connectivity index (χ2v) is 5.64. The van der Waals surface area contributed by atoms with Crippen molar-refractivity contribution in [3.63, 3.8) is 0 Å². The van der Waals surface area contributed by atoms with Crippen molar-refractivity contribution in [2.45, 2.75) is 0 Å². The average molecular weight is 403 g/mol. The number of nitrogen functional groups attached to an aromatic ring is 1. The van der Waals surface area contributed by atoms with E-state index in [2.05, 4.69) is 27.9 Å². The molecule has 0 radical (unpaired) electrons. The van der Waals surface area contributed by atoms with Crippen molar-refractivity contribution < 1.29 is 9.53 Å². The number of nitrogens with one attached hydrogen (secondary N) is 1. The van der Waals surface area contributed by atoms with Crippen molar-refractivity contribution in [3.05, 3.63) is 50.6 Å². The van der Waals surface area contributed by atoms with Gasteiger partial charge in [-0.1, -0.05) is 11.6 Å². The Hall–Kier alpha value is -1.47. The number of carbonyl (C=O) groups excluding carboxylic acids is 1. The second kappa shape index (κ2) is 6.32. The van der Waals surface area contributed by atoms with Gasteiger partial charge in [0.1, 0.15) is 5.75 Å². The normalized spacial score (nSPS) is 10.2. The van der Waals surface area contributed by atoms with E-state index in [1.165, 1.54) is 7.11 Å². The highest BCUT2D eigenvalue weighted by molar-refractivity contribution is 14.1. The number of carbonyl (C=O) groups is 1. The SMILES string of the molecule is COc1cc(N)ccc1C(=O)Nc1ccc(Cl)cc1I. The van der Waals surface area contributed by atoms with Gasteiger partial charge in [0.15, 0.2) is 0 Å². The molecule has 0 unspecified atom stereocenters. The van der Waals surface area contributed by atoms with Crippen molar-refractivity contribution in [3.8, 4) is 5.75 Å². The van der Waals surface area contributed by atoms with Gasteiger partial charge in [-0.25, -0.2) is 0 Å². The number of halogens is 2. The Kier molecular flexibility index (Phi) is 4.72. The minimum Gasteiger partial charge on any atom is -0.496 e. The Labute approximate surface area is 135 Å². The van der Waals surface area contributed by atoms with Crippen LogP contribution in [-0.2, 0) is 0 Å². The lowest BCUT2D eigenvalue weighted by molar-refractivity contribution is 0.102. The molecule has 0 bridgehead atoms. The van der Waals surface area contributed by atoms with Gasteiger partial charge in [-0.15, -0.1) is 0 Å². The molecule has 6 heteroatoms. The number of amides is 1. The van der Waals surface area contributed by atoms with Crippen molar-refractivity contribution in [2.75, 3.05) is 18.2 Å². The first-order valence-corrected chi connectivity index (χ1v) is 7.17. The highest BCUT2D eigenvalue weighted by Gasteiger charge is 2.14. The first-order chi connectivity index (χ1) is 9.51. The molecule has 2 aromatic rings. The summed E-state index contributed by atoms with van der Waals surface area (Å²) < 4.78 is 6.03. The molecular weight excluding hydrogens is 391 g/mol. The number of methoxy groups -OCH3 is 1. The number of hydrogen-bond donors (Lipinski definition) is 2. The van der Waals surface area contributed by atoms with Gasteiger partial charge in [-0.3, -0.25) is 4.79 Å². The van der Waals surface area contributed by atoms with Gasteiger partial charge in [-0.05, 0) is 52.9 Å². The van der Waals surface area contributed by atoms with E-state index < -0.39 is 0 Å². The quantitative estimate of drug-likeness (QED) is 0.606. The van der Waals surface area contributed by atoms with Crippen LogP contribution in [0.1, 0.15) is 10.4 Å². The van der Waals surface area contributed by atoms with Crippen LogP contribution < -0.4 is 15.8 Å². The van der Waals surface area contributed by atoms with E-state index in [1.807, 2.05) is 0 Å². The van der Waals surface area contributed by atoms with Gasteiger partial charge in [0.2, 0.25) is 0 Å². The van der Waals surface area contributed by atoms with Crippen LogP contribution in [0, 0.1) is 3.57 Å². The van der Waals surface area contributed by atoms with Crippen LogP contribution in [0.25, 0.3) is 0 Å². The number of hydrogen-bond acceptors (Lipinski definition) is 3. The molecule has 0 heterocycles. The maximum atomic E-state index is 12.3.